The van der Waals surface area contributed by atoms with Crippen molar-refractivity contribution in [3.63, 3.8) is 0 Å². The number of carbonyl (C=O) groups is 4. The number of nitro benzene ring substituents is 1. The first-order chi connectivity index (χ1) is 19.4. The maximum atomic E-state index is 12.5. The third-order valence-corrected chi connectivity index (χ3v) is 7.34. The molecule has 1 aliphatic rings. The normalized spacial score (nSPS) is 14.8. The summed E-state index contributed by atoms with van der Waals surface area (Å²) in [5.41, 5.74) is 2.56. The Bertz CT molecular complexity index is 1620. The van der Waals surface area contributed by atoms with E-state index in [2.05, 4.69) is 5.43 Å². The van der Waals surface area contributed by atoms with E-state index in [-0.39, 0.29) is 34.7 Å². The van der Waals surface area contributed by atoms with Crippen molar-refractivity contribution in [2.75, 3.05) is 13.2 Å². The number of ether oxygens (including phenoxy) is 1. The minimum Gasteiger partial charge on any atom is -0.457 e. The number of aryl methyl sites for hydroxylation is 1. The molecule has 1 saturated heterocycles. The molecule has 0 bridgehead atoms. The second-order valence-corrected chi connectivity index (χ2v) is 10.6. The van der Waals surface area contributed by atoms with E-state index < -0.39 is 56.8 Å². The van der Waals surface area contributed by atoms with E-state index in [9.17, 15) is 37.7 Å². The minimum absolute atomic E-state index is 0.0217. The Kier molecular flexibility index (Phi) is 8.42. The Labute approximate surface area is 233 Å². The number of rotatable bonds is 10. The van der Waals surface area contributed by atoms with Crippen LogP contribution in [0, 0.1) is 23.0 Å². The fourth-order valence-electron chi connectivity index (χ4n) is 3.90. The van der Waals surface area contributed by atoms with Crippen LogP contribution in [0.2, 0.25) is 0 Å². The molecule has 0 radical (unpaired) electrons. The van der Waals surface area contributed by atoms with Crippen LogP contribution >= 0.6 is 0 Å². The van der Waals surface area contributed by atoms with E-state index in [1.54, 1.807) is 12.1 Å². The Balaban J connectivity index is 1.29. The van der Waals surface area contributed by atoms with E-state index in [0.29, 0.717) is 0 Å². The van der Waals surface area contributed by atoms with Gasteiger partial charge in [-0.05, 0) is 49.4 Å². The summed E-state index contributed by atoms with van der Waals surface area (Å²) >= 11 is 0. The summed E-state index contributed by atoms with van der Waals surface area (Å²) in [6, 6.07) is 16.5. The molecule has 14 heteroatoms. The number of nitro groups is 1. The molecule has 3 aromatic rings. The first-order valence-corrected chi connectivity index (χ1v) is 13.5. The first-order valence-electron chi connectivity index (χ1n) is 12.1. The van der Waals surface area contributed by atoms with Gasteiger partial charge >= 0.3 is 16.1 Å². The van der Waals surface area contributed by atoms with Gasteiger partial charge in [0, 0.05) is 18.1 Å². The number of nitrogens with zero attached hydrogens (tertiary/aromatic N) is 2. The molecular formula is C27H23N3O10S. The van der Waals surface area contributed by atoms with Gasteiger partial charge in [-0.2, -0.15) is 8.42 Å². The molecule has 41 heavy (non-hydrogen) atoms. The lowest BCUT2D eigenvalue weighted by molar-refractivity contribution is -0.385. The zero-order chi connectivity index (χ0) is 29.7. The van der Waals surface area contributed by atoms with Crippen molar-refractivity contribution in [2.45, 2.75) is 18.2 Å². The van der Waals surface area contributed by atoms with E-state index in [4.69, 9.17) is 8.92 Å². The molecule has 4 rings (SSSR count). The summed E-state index contributed by atoms with van der Waals surface area (Å²) in [6.07, 6.45) is -0.300. The van der Waals surface area contributed by atoms with E-state index in [0.717, 1.165) is 16.6 Å². The van der Waals surface area contributed by atoms with E-state index in [1.165, 1.54) is 54.6 Å². The number of esters is 1. The molecule has 1 atom stereocenters. The van der Waals surface area contributed by atoms with Gasteiger partial charge in [-0.25, -0.2) is 0 Å². The minimum atomic E-state index is -4.07. The van der Waals surface area contributed by atoms with Crippen LogP contribution in [0.15, 0.2) is 77.7 Å². The lowest BCUT2D eigenvalue weighted by atomic mass is 10.1. The molecule has 13 nitrogen and oxygen atoms in total. The van der Waals surface area contributed by atoms with Crippen molar-refractivity contribution < 1.29 is 41.4 Å². The van der Waals surface area contributed by atoms with Crippen LogP contribution in [0.1, 0.15) is 32.7 Å². The van der Waals surface area contributed by atoms with Crippen molar-refractivity contribution in [3.05, 3.63) is 99.6 Å². The van der Waals surface area contributed by atoms with Gasteiger partial charge in [0.1, 0.15) is 16.2 Å². The molecule has 0 aliphatic carbocycles. The van der Waals surface area contributed by atoms with Crippen LogP contribution in [0.3, 0.4) is 0 Å². The molecule has 1 heterocycles. The lowest BCUT2D eigenvalue weighted by Gasteiger charge is -2.17. The summed E-state index contributed by atoms with van der Waals surface area (Å²) in [6.45, 7) is 0.920. The van der Waals surface area contributed by atoms with Crippen molar-refractivity contribution in [2.24, 2.45) is 5.92 Å². The fraction of sp³-hybridized carbons (Fsp3) is 0.185. The number of hydrogen-bond acceptors (Lipinski definition) is 10. The molecule has 1 N–H and O–H groups in total. The zero-order valence-electron chi connectivity index (χ0n) is 21.5. The Hall–Kier alpha value is -5.11. The molecule has 0 spiro atoms. The molecule has 3 aromatic carbocycles. The Morgan fingerprint density at radius 2 is 1.68 bits per heavy atom. The SMILES string of the molecule is Cc1ccc(S(=O)(=O)Oc2ccc(C(=O)COC(=O)[C@H]3CC(=O)N(NC(=O)c4ccccc4[N+](=O)[O-])C3)cc2)cc1. The van der Waals surface area contributed by atoms with Gasteiger partial charge in [0.15, 0.2) is 12.4 Å². The smallest absolute Gasteiger partial charge is 0.339 e. The van der Waals surface area contributed by atoms with Crippen molar-refractivity contribution >= 4 is 39.4 Å². The third kappa shape index (κ3) is 6.91. The third-order valence-electron chi connectivity index (χ3n) is 6.08. The number of nitrogens with one attached hydrogen (secondary N) is 1. The molecule has 0 unspecified atom stereocenters. The van der Waals surface area contributed by atoms with Crippen LogP contribution in [-0.4, -0.2) is 55.1 Å². The quantitative estimate of drug-likeness (QED) is 0.123. The number of carbonyl (C=O) groups excluding carboxylic acids is 4. The van der Waals surface area contributed by atoms with Gasteiger partial charge in [-0.1, -0.05) is 29.8 Å². The van der Waals surface area contributed by atoms with E-state index in [1.807, 2.05) is 6.92 Å². The number of ketones is 1. The summed E-state index contributed by atoms with van der Waals surface area (Å²) in [5.74, 6) is -3.94. The molecule has 212 valence electrons. The van der Waals surface area contributed by atoms with Gasteiger partial charge in [0.25, 0.3) is 11.6 Å². The van der Waals surface area contributed by atoms with Gasteiger partial charge in [-0.15, -0.1) is 0 Å². The predicted molar refractivity (Wildman–Crippen MR) is 141 cm³/mol. The molecular weight excluding hydrogens is 558 g/mol. The maximum absolute atomic E-state index is 12.5. The summed E-state index contributed by atoms with van der Waals surface area (Å²) < 4.78 is 35.0. The number of hydrogen-bond donors (Lipinski definition) is 1. The van der Waals surface area contributed by atoms with Crippen molar-refractivity contribution in [1.29, 1.82) is 0 Å². The summed E-state index contributed by atoms with van der Waals surface area (Å²) in [4.78, 5) is 60.2. The first kappa shape index (κ1) is 28.9. The van der Waals surface area contributed by atoms with Crippen LogP contribution in [-0.2, 0) is 24.4 Å². The van der Waals surface area contributed by atoms with E-state index >= 15 is 0 Å². The van der Waals surface area contributed by atoms with Crippen LogP contribution in [0.5, 0.6) is 5.75 Å². The standard InChI is InChI=1S/C27H23N3O10S/c1-17-6-12-21(13-7-17)41(37,38)40-20-10-8-18(9-11-20)24(31)16-39-27(34)19-14-25(32)29(15-19)28-26(33)22-4-2-3-5-23(22)30(35)36/h2-13,19H,14-16H2,1H3,(H,28,33)/t19-/m0/s1. The van der Waals surface area contributed by atoms with Crippen molar-refractivity contribution in [3.8, 4) is 5.75 Å². The molecule has 0 saturated carbocycles. The highest BCUT2D eigenvalue weighted by Gasteiger charge is 2.37. The summed E-state index contributed by atoms with van der Waals surface area (Å²) in [7, 11) is -4.07. The van der Waals surface area contributed by atoms with Gasteiger partial charge in [-0.3, -0.25) is 39.7 Å². The van der Waals surface area contributed by atoms with Gasteiger partial charge in [0.2, 0.25) is 5.91 Å². The maximum Gasteiger partial charge on any atom is 0.339 e. The fourth-order valence-corrected chi connectivity index (χ4v) is 4.83. The number of Topliss-reactive ketones (excluding diaryl/α,β-unsaturated/α-hetero) is 1. The topological polar surface area (TPSA) is 179 Å². The zero-order valence-corrected chi connectivity index (χ0v) is 22.3. The predicted octanol–water partition coefficient (Wildman–Crippen LogP) is 2.59. The largest absolute Gasteiger partial charge is 0.457 e. The Morgan fingerprint density at radius 1 is 1.02 bits per heavy atom. The number of para-hydroxylation sites is 1. The second-order valence-electron chi connectivity index (χ2n) is 9.03. The Morgan fingerprint density at radius 3 is 2.34 bits per heavy atom. The monoisotopic (exact) mass is 581 g/mol. The van der Waals surface area contributed by atoms with Crippen LogP contribution in [0.25, 0.3) is 0 Å². The average Bonchev–Trinajstić information content (AvgIpc) is 3.31. The average molecular weight is 582 g/mol. The van der Waals surface area contributed by atoms with Crippen molar-refractivity contribution in [1.82, 2.24) is 10.4 Å². The number of amides is 2. The van der Waals surface area contributed by atoms with Gasteiger partial charge < -0.3 is 8.92 Å². The molecule has 0 aromatic heterocycles. The number of benzene rings is 3. The van der Waals surface area contributed by atoms with Crippen LogP contribution < -0.4 is 9.61 Å². The number of hydrazine groups is 1. The molecule has 1 aliphatic heterocycles. The van der Waals surface area contributed by atoms with Gasteiger partial charge in [0.05, 0.1) is 17.4 Å². The highest BCUT2D eigenvalue weighted by molar-refractivity contribution is 7.87. The molecule has 1 fully saturated rings. The second kappa shape index (κ2) is 12.0. The highest BCUT2D eigenvalue weighted by atomic mass is 32.2. The summed E-state index contributed by atoms with van der Waals surface area (Å²) in [5, 5.41) is 12.0. The lowest BCUT2D eigenvalue weighted by Crippen LogP contribution is -2.43. The molecule has 2 amide bonds. The van der Waals surface area contributed by atoms with Crippen LogP contribution in [0.4, 0.5) is 5.69 Å². The highest BCUT2D eigenvalue weighted by Crippen LogP contribution is 2.22.